The lowest BCUT2D eigenvalue weighted by atomic mass is 10.2. The van der Waals surface area contributed by atoms with Crippen molar-refractivity contribution in [3.8, 4) is 5.75 Å². The van der Waals surface area contributed by atoms with Crippen molar-refractivity contribution in [3.63, 3.8) is 0 Å². The van der Waals surface area contributed by atoms with E-state index in [1.54, 1.807) is 38.1 Å². The lowest BCUT2D eigenvalue weighted by Crippen LogP contribution is -2.21. The van der Waals surface area contributed by atoms with Crippen molar-refractivity contribution in [3.05, 3.63) is 57.6 Å². The number of ether oxygens (including phenoxy) is 1. The Morgan fingerprint density at radius 1 is 1.15 bits per heavy atom. The Bertz CT molecular complexity index is 870. The molecule has 0 aliphatic rings. The molecular formula is C18H18ClN3O5. The first-order valence-electron chi connectivity index (χ1n) is 8.04. The summed E-state index contributed by atoms with van der Waals surface area (Å²) in [4.78, 5) is 34.0. The number of hydrogen-bond acceptors (Lipinski definition) is 5. The second kappa shape index (κ2) is 9.00. The zero-order valence-electron chi connectivity index (χ0n) is 14.7. The van der Waals surface area contributed by atoms with Crippen molar-refractivity contribution >= 4 is 40.5 Å². The maximum Gasteiger partial charge on any atom is 0.273 e. The van der Waals surface area contributed by atoms with Gasteiger partial charge in [-0.15, -0.1) is 0 Å². The number of amides is 2. The number of carbonyl (C=O) groups is 2. The summed E-state index contributed by atoms with van der Waals surface area (Å²) >= 11 is 5.92. The van der Waals surface area contributed by atoms with E-state index in [0.717, 1.165) is 6.07 Å². The topological polar surface area (TPSA) is 111 Å². The third-order valence-corrected chi connectivity index (χ3v) is 3.73. The lowest BCUT2D eigenvalue weighted by Gasteiger charge is -2.11. The molecule has 0 atom stereocenters. The standard InChI is InChI=1S/C18H18ClN3O5/c1-11(2)18(24)21-13-5-3-4-12(8-13)20-17(23)10-27-16-9-14(22(25)26)6-7-15(16)19/h3-9,11H,10H2,1-2H3,(H,20,23)(H,21,24). The van der Waals surface area contributed by atoms with Gasteiger partial charge in [0.05, 0.1) is 16.0 Å². The largest absolute Gasteiger partial charge is 0.482 e. The zero-order chi connectivity index (χ0) is 20.0. The molecule has 142 valence electrons. The van der Waals surface area contributed by atoms with Gasteiger partial charge in [0.2, 0.25) is 5.91 Å². The van der Waals surface area contributed by atoms with Crippen LogP contribution in [0.25, 0.3) is 0 Å². The number of nitro benzene ring substituents is 1. The van der Waals surface area contributed by atoms with Gasteiger partial charge in [0.1, 0.15) is 5.75 Å². The first-order valence-corrected chi connectivity index (χ1v) is 8.41. The van der Waals surface area contributed by atoms with Crippen LogP contribution < -0.4 is 15.4 Å². The van der Waals surface area contributed by atoms with Crippen molar-refractivity contribution in [1.82, 2.24) is 0 Å². The number of nitro groups is 1. The number of hydrogen-bond donors (Lipinski definition) is 2. The average molecular weight is 392 g/mol. The average Bonchev–Trinajstić information content (AvgIpc) is 2.61. The van der Waals surface area contributed by atoms with Gasteiger partial charge in [-0.2, -0.15) is 0 Å². The van der Waals surface area contributed by atoms with E-state index in [-0.39, 0.29) is 34.9 Å². The first-order chi connectivity index (χ1) is 12.8. The van der Waals surface area contributed by atoms with E-state index in [0.29, 0.717) is 11.4 Å². The highest BCUT2D eigenvalue weighted by atomic mass is 35.5. The van der Waals surface area contributed by atoms with Crippen molar-refractivity contribution < 1.29 is 19.2 Å². The molecule has 0 bridgehead atoms. The molecule has 2 aromatic carbocycles. The third-order valence-electron chi connectivity index (χ3n) is 3.42. The highest BCUT2D eigenvalue weighted by Gasteiger charge is 2.13. The van der Waals surface area contributed by atoms with Gasteiger partial charge in [-0.1, -0.05) is 31.5 Å². The van der Waals surface area contributed by atoms with Gasteiger partial charge in [0, 0.05) is 23.4 Å². The summed E-state index contributed by atoms with van der Waals surface area (Å²) < 4.78 is 5.27. The fourth-order valence-electron chi connectivity index (χ4n) is 2.02. The van der Waals surface area contributed by atoms with E-state index in [1.807, 2.05) is 0 Å². The Hall–Kier alpha value is -3.13. The van der Waals surface area contributed by atoms with Crippen LogP contribution in [0.3, 0.4) is 0 Å². The molecule has 0 fully saturated rings. The van der Waals surface area contributed by atoms with Gasteiger partial charge < -0.3 is 15.4 Å². The number of nitrogens with one attached hydrogen (secondary N) is 2. The van der Waals surface area contributed by atoms with Crippen molar-refractivity contribution in [2.75, 3.05) is 17.2 Å². The number of nitrogens with zero attached hydrogens (tertiary/aromatic N) is 1. The molecule has 0 saturated carbocycles. The molecular weight excluding hydrogens is 374 g/mol. The quantitative estimate of drug-likeness (QED) is 0.550. The van der Waals surface area contributed by atoms with Crippen molar-refractivity contribution in [1.29, 1.82) is 0 Å². The summed E-state index contributed by atoms with van der Waals surface area (Å²) in [5, 5.41) is 16.3. The Balaban J connectivity index is 1.97. The third kappa shape index (κ3) is 5.96. The first kappa shape index (κ1) is 20.2. The predicted octanol–water partition coefficient (Wildman–Crippen LogP) is 3.86. The molecule has 0 saturated heterocycles. The molecule has 0 radical (unpaired) electrons. The Kier molecular flexibility index (Phi) is 6.73. The Morgan fingerprint density at radius 3 is 2.44 bits per heavy atom. The van der Waals surface area contributed by atoms with E-state index >= 15 is 0 Å². The van der Waals surface area contributed by atoms with Crippen LogP contribution in [0, 0.1) is 16.0 Å². The number of benzene rings is 2. The van der Waals surface area contributed by atoms with Gasteiger partial charge >= 0.3 is 0 Å². The monoisotopic (exact) mass is 391 g/mol. The van der Waals surface area contributed by atoms with Crippen LogP contribution in [-0.4, -0.2) is 23.3 Å². The molecule has 0 unspecified atom stereocenters. The molecule has 2 N–H and O–H groups in total. The highest BCUT2D eigenvalue weighted by molar-refractivity contribution is 6.32. The number of carbonyl (C=O) groups excluding carboxylic acids is 2. The fraction of sp³-hybridized carbons (Fsp3) is 0.222. The molecule has 8 nitrogen and oxygen atoms in total. The van der Waals surface area contributed by atoms with Crippen LogP contribution >= 0.6 is 11.6 Å². The summed E-state index contributed by atoms with van der Waals surface area (Å²) in [7, 11) is 0. The number of non-ortho nitro benzene ring substituents is 1. The maximum absolute atomic E-state index is 12.1. The van der Waals surface area contributed by atoms with Gasteiger partial charge in [-0.05, 0) is 24.3 Å². The number of rotatable bonds is 7. The van der Waals surface area contributed by atoms with Gasteiger partial charge in [0.25, 0.3) is 11.6 Å². The SMILES string of the molecule is CC(C)C(=O)Nc1cccc(NC(=O)COc2cc([N+](=O)[O-])ccc2Cl)c1. The summed E-state index contributed by atoms with van der Waals surface area (Å²) in [6.07, 6.45) is 0. The van der Waals surface area contributed by atoms with Crippen LogP contribution in [0.5, 0.6) is 5.75 Å². The normalized spacial score (nSPS) is 10.4. The van der Waals surface area contributed by atoms with Crippen LogP contribution in [0.15, 0.2) is 42.5 Å². The van der Waals surface area contributed by atoms with Crippen LogP contribution in [0.2, 0.25) is 5.02 Å². The maximum atomic E-state index is 12.1. The Labute approximate surface area is 160 Å². The van der Waals surface area contributed by atoms with E-state index in [9.17, 15) is 19.7 Å². The Morgan fingerprint density at radius 2 is 1.81 bits per heavy atom. The van der Waals surface area contributed by atoms with Gasteiger partial charge in [-0.25, -0.2) is 0 Å². The van der Waals surface area contributed by atoms with E-state index in [4.69, 9.17) is 16.3 Å². The summed E-state index contributed by atoms with van der Waals surface area (Å²) in [5.74, 6) is -0.748. The summed E-state index contributed by atoms with van der Waals surface area (Å²) in [6, 6.07) is 10.4. The molecule has 0 spiro atoms. The van der Waals surface area contributed by atoms with E-state index < -0.39 is 10.8 Å². The predicted molar refractivity (Wildman–Crippen MR) is 102 cm³/mol. The molecule has 0 heterocycles. The molecule has 0 aliphatic heterocycles. The molecule has 2 amide bonds. The minimum Gasteiger partial charge on any atom is -0.482 e. The van der Waals surface area contributed by atoms with Crippen molar-refractivity contribution in [2.45, 2.75) is 13.8 Å². The molecule has 9 heteroatoms. The molecule has 27 heavy (non-hydrogen) atoms. The minimum atomic E-state index is -0.583. The molecule has 2 rings (SSSR count). The highest BCUT2D eigenvalue weighted by Crippen LogP contribution is 2.28. The summed E-state index contributed by atoms with van der Waals surface area (Å²) in [5.41, 5.74) is 0.827. The molecule has 0 aliphatic carbocycles. The smallest absolute Gasteiger partial charge is 0.273 e. The van der Waals surface area contributed by atoms with Gasteiger partial charge in [0.15, 0.2) is 6.61 Å². The van der Waals surface area contributed by atoms with E-state index in [2.05, 4.69) is 10.6 Å². The number of halogens is 1. The van der Waals surface area contributed by atoms with Crippen LogP contribution in [0.4, 0.5) is 17.1 Å². The lowest BCUT2D eigenvalue weighted by molar-refractivity contribution is -0.384. The molecule has 2 aromatic rings. The zero-order valence-corrected chi connectivity index (χ0v) is 15.4. The fourth-order valence-corrected chi connectivity index (χ4v) is 2.19. The van der Waals surface area contributed by atoms with Crippen LogP contribution in [-0.2, 0) is 9.59 Å². The second-order valence-corrected chi connectivity index (χ2v) is 6.34. The van der Waals surface area contributed by atoms with Crippen molar-refractivity contribution in [2.24, 2.45) is 5.92 Å². The second-order valence-electron chi connectivity index (χ2n) is 5.93. The van der Waals surface area contributed by atoms with E-state index in [1.165, 1.54) is 12.1 Å². The van der Waals surface area contributed by atoms with Crippen LogP contribution in [0.1, 0.15) is 13.8 Å². The number of anilines is 2. The minimum absolute atomic E-state index is 0.0407. The molecule has 0 aromatic heterocycles. The van der Waals surface area contributed by atoms with Gasteiger partial charge in [-0.3, -0.25) is 19.7 Å². The summed E-state index contributed by atoms with van der Waals surface area (Å²) in [6.45, 7) is 3.16.